The van der Waals surface area contributed by atoms with Crippen LogP contribution in [0.3, 0.4) is 0 Å². The first-order chi connectivity index (χ1) is 9.11. The lowest BCUT2D eigenvalue weighted by Gasteiger charge is -2.26. The van der Waals surface area contributed by atoms with Crippen molar-refractivity contribution < 1.29 is 29.0 Å². The monoisotopic (exact) mass is 266 g/mol. The van der Waals surface area contributed by atoms with Crippen LogP contribution in [0, 0.1) is 17.8 Å². The van der Waals surface area contributed by atoms with E-state index in [9.17, 15) is 14.4 Å². The number of carboxylic acid groups (broad SMARTS) is 1. The van der Waals surface area contributed by atoms with Gasteiger partial charge in [0.15, 0.2) is 0 Å². The van der Waals surface area contributed by atoms with E-state index in [2.05, 4.69) is 0 Å². The standard InChI is InChI=1S/C13H14O6/c14-3-1-2-9(12(15)16)18-10-6-4-7-8(5-6)13(17)19-11(7)10/h2-3,6-8,10-11H,1,4-5H2,(H,15,16). The molecule has 0 radical (unpaired) electrons. The van der Waals surface area contributed by atoms with Gasteiger partial charge < -0.3 is 19.4 Å². The van der Waals surface area contributed by atoms with Crippen LogP contribution in [0.5, 0.6) is 0 Å². The SMILES string of the molecule is O=CCC=C(OC1C2CC3C(=O)OC1C3C2)C(=O)O. The van der Waals surface area contributed by atoms with Gasteiger partial charge in [0.25, 0.3) is 0 Å². The zero-order valence-corrected chi connectivity index (χ0v) is 10.2. The van der Waals surface area contributed by atoms with Gasteiger partial charge in [-0.15, -0.1) is 0 Å². The number of rotatable bonds is 5. The van der Waals surface area contributed by atoms with E-state index >= 15 is 0 Å². The molecule has 5 unspecified atom stereocenters. The van der Waals surface area contributed by atoms with Gasteiger partial charge in [0.1, 0.15) is 18.5 Å². The minimum Gasteiger partial charge on any atom is -0.479 e. The smallest absolute Gasteiger partial charge is 0.370 e. The molecule has 1 aliphatic heterocycles. The Morgan fingerprint density at radius 2 is 2.26 bits per heavy atom. The Morgan fingerprint density at radius 1 is 1.47 bits per heavy atom. The van der Waals surface area contributed by atoms with Crippen molar-refractivity contribution in [2.24, 2.45) is 17.8 Å². The summed E-state index contributed by atoms with van der Waals surface area (Å²) in [4.78, 5) is 32.9. The van der Waals surface area contributed by atoms with Gasteiger partial charge in [-0.2, -0.15) is 0 Å². The zero-order valence-electron chi connectivity index (χ0n) is 10.2. The average Bonchev–Trinajstić information content (AvgIpc) is 2.97. The van der Waals surface area contributed by atoms with E-state index < -0.39 is 5.97 Å². The van der Waals surface area contributed by atoms with E-state index in [1.54, 1.807) is 0 Å². The predicted octanol–water partition coefficient (Wildman–Crippen LogP) is 0.511. The van der Waals surface area contributed by atoms with Gasteiger partial charge in [0, 0.05) is 18.3 Å². The molecule has 0 amide bonds. The third kappa shape index (κ3) is 1.82. The van der Waals surface area contributed by atoms with Crippen LogP contribution in [0.25, 0.3) is 0 Å². The van der Waals surface area contributed by atoms with Crippen molar-refractivity contribution in [3.63, 3.8) is 0 Å². The first kappa shape index (κ1) is 12.2. The minimum absolute atomic E-state index is 0.00444. The molecular weight excluding hydrogens is 252 g/mol. The third-order valence-corrected chi connectivity index (χ3v) is 4.29. The Bertz CT molecular complexity index is 468. The number of hydrogen-bond donors (Lipinski definition) is 1. The summed E-state index contributed by atoms with van der Waals surface area (Å²) in [5.74, 6) is -1.30. The summed E-state index contributed by atoms with van der Waals surface area (Å²) in [5, 5.41) is 9.03. The maximum atomic E-state index is 11.6. The molecule has 102 valence electrons. The average molecular weight is 266 g/mol. The first-order valence-electron chi connectivity index (χ1n) is 6.36. The molecule has 0 aromatic heterocycles. The van der Waals surface area contributed by atoms with Crippen molar-refractivity contribution in [2.45, 2.75) is 31.5 Å². The fourth-order valence-corrected chi connectivity index (χ4v) is 3.55. The molecule has 3 aliphatic rings. The molecular formula is C13H14O6. The molecule has 6 nitrogen and oxygen atoms in total. The lowest BCUT2D eigenvalue weighted by atomic mass is 9.88. The molecule has 1 heterocycles. The quantitative estimate of drug-likeness (QED) is 0.337. The van der Waals surface area contributed by atoms with Gasteiger partial charge in [-0.1, -0.05) is 0 Å². The molecule has 5 atom stereocenters. The van der Waals surface area contributed by atoms with E-state index in [4.69, 9.17) is 14.6 Å². The molecule has 19 heavy (non-hydrogen) atoms. The molecule has 1 saturated heterocycles. The maximum Gasteiger partial charge on any atom is 0.370 e. The molecule has 0 aromatic rings. The van der Waals surface area contributed by atoms with Gasteiger partial charge in [0.2, 0.25) is 5.76 Å². The van der Waals surface area contributed by atoms with Crippen molar-refractivity contribution in [3.8, 4) is 0 Å². The predicted molar refractivity (Wildman–Crippen MR) is 60.9 cm³/mol. The lowest BCUT2D eigenvalue weighted by Crippen LogP contribution is -2.35. The van der Waals surface area contributed by atoms with Crippen LogP contribution < -0.4 is 0 Å². The van der Waals surface area contributed by atoms with Crippen molar-refractivity contribution in [1.82, 2.24) is 0 Å². The molecule has 1 N–H and O–H groups in total. The van der Waals surface area contributed by atoms with Crippen molar-refractivity contribution >= 4 is 18.2 Å². The number of carbonyl (C=O) groups excluding carboxylic acids is 2. The van der Waals surface area contributed by atoms with Crippen molar-refractivity contribution in [3.05, 3.63) is 11.8 Å². The van der Waals surface area contributed by atoms with Gasteiger partial charge >= 0.3 is 11.9 Å². The Morgan fingerprint density at radius 3 is 2.95 bits per heavy atom. The third-order valence-electron chi connectivity index (χ3n) is 4.29. The van der Waals surface area contributed by atoms with Crippen LogP contribution >= 0.6 is 0 Å². The van der Waals surface area contributed by atoms with Crippen molar-refractivity contribution in [1.29, 1.82) is 0 Å². The second kappa shape index (κ2) is 4.36. The number of aliphatic carboxylic acids is 1. The number of hydrogen-bond acceptors (Lipinski definition) is 5. The fourth-order valence-electron chi connectivity index (χ4n) is 3.55. The number of ether oxygens (including phenoxy) is 2. The zero-order chi connectivity index (χ0) is 13.6. The Kier molecular flexibility index (Phi) is 2.80. The molecule has 2 saturated carbocycles. The normalized spacial score (nSPS) is 39.3. The lowest BCUT2D eigenvalue weighted by molar-refractivity contribution is -0.147. The number of fused-ring (bicyclic) bond motifs is 1. The number of carboxylic acids is 1. The number of esters is 1. The van der Waals surface area contributed by atoms with Gasteiger partial charge in [0.05, 0.1) is 5.92 Å². The van der Waals surface area contributed by atoms with Crippen LogP contribution in [0.15, 0.2) is 11.8 Å². The largest absolute Gasteiger partial charge is 0.479 e. The number of allylic oxidation sites excluding steroid dienone is 1. The fraction of sp³-hybridized carbons (Fsp3) is 0.615. The summed E-state index contributed by atoms with van der Waals surface area (Å²) in [5.41, 5.74) is 0. The van der Waals surface area contributed by atoms with Crippen molar-refractivity contribution in [2.75, 3.05) is 0 Å². The second-order valence-corrected chi connectivity index (χ2v) is 5.26. The number of carbonyl (C=O) groups is 3. The molecule has 2 bridgehead atoms. The van der Waals surface area contributed by atoms with E-state index in [0.29, 0.717) is 12.7 Å². The van der Waals surface area contributed by atoms with Crippen LogP contribution in [-0.2, 0) is 23.9 Å². The highest BCUT2D eigenvalue weighted by Gasteiger charge is 2.63. The van der Waals surface area contributed by atoms with Crippen LogP contribution in [0.2, 0.25) is 0 Å². The topological polar surface area (TPSA) is 89.9 Å². The molecule has 3 rings (SSSR count). The van der Waals surface area contributed by atoms with Gasteiger partial charge in [-0.3, -0.25) is 4.79 Å². The molecule has 0 aromatic carbocycles. The summed E-state index contributed by atoms with van der Waals surface area (Å²) in [6.45, 7) is 0. The highest BCUT2D eigenvalue weighted by atomic mass is 16.6. The molecule has 6 heteroatoms. The minimum atomic E-state index is -1.20. The number of aldehydes is 1. The summed E-state index contributed by atoms with van der Waals surface area (Å²) in [6, 6.07) is 0. The van der Waals surface area contributed by atoms with Crippen LogP contribution in [-0.4, -0.2) is 35.5 Å². The Labute approximate surface area is 109 Å². The van der Waals surface area contributed by atoms with E-state index in [0.717, 1.165) is 6.42 Å². The summed E-state index contributed by atoms with van der Waals surface area (Å²) in [7, 11) is 0. The van der Waals surface area contributed by atoms with Gasteiger partial charge in [-0.05, 0) is 18.9 Å². The molecule has 3 fully saturated rings. The Balaban J connectivity index is 1.75. The first-order valence-corrected chi connectivity index (χ1v) is 6.36. The highest BCUT2D eigenvalue weighted by molar-refractivity contribution is 5.84. The molecule has 0 spiro atoms. The summed E-state index contributed by atoms with van der Waals surface area (Å²) >= 11 is 0. The summed E-state index contributed by atoms with van der Waals surface area (Å²) in [6.07, 6.45) is 2.71. The maximum absolute atomic E-state index is 11.6. The van der Waals surface area contributed by atoms with E-state index in [1.165, 1.54) is 6.08 Å². The van der Waals surface area contributed by atoms with Crippen LogP contribution in [0.1, 0.15) is 19.3 Å². The molecule has 2 aliphatic carbocycles. The van der Waals surface area contributed by atoms with Crippen LogP contribution in [0.4, 0.5) is 0 Å². The second-order valence-electron chi connectivity index (χ2n) is 5.26. The summed E-state index contributed by atoms with van der Waals surface area (Å²) < 4.78 is 10.8. The van der Waals surface area contributed by atoms with E-state index in [1.807, 2.05) is 0 Å². The van der Waals surface area contributed by atoms with E-state index in [-0.39, 0.29) is 48.1 Å². The Hall–Kier alpha value is -1.85. The van der Waals surface area contributed by atoms with Gasteiger partial charge in [-0.25, -0.2) is 4.79 Å². The highest BCUT2D eigenvalue weighted by Crippen LogP contribution is 2.55.